The Hall–Kier alpha value is -2.75. The van der Waals surface area contributed by atoms with Gasteiger partial charge >= 0.3 is 5.97 Å². The summed E-state index contributed by atoms with van der Waals surface area (Å²) in [6, 6.07) is 1.29. The number of phenolic OH excluding ortho intramolecular Hbond substituents is 3. The van der Waals surface area contributed by atoms with Crippen molar-refractivity contribution in [3.8, 4) is 23.0 Å². The maximum absolute atomic E-state index is 14.7. The van der Waals surface area contributed by atoms with Gasteiger partial charge in [0.1, 0.15) is 0 Å². The summed E-state index contributed by atoms with van der Waals surface area (Å²) in [6.07, 6.45) is 0. The van der Waals surface area contributed by atoms with Gasteiger partial charge in [-0.3, -0.25) is 0 Å². The van der Waals surface area contributed by atoms with Crippen LogP contribution in [0.5, 0.6) is 23.0 Å². The van der Waals surface area contributed by atoms with Crippen molar-refractivity contribution >= 4 is 19.2 Å². The molecule has 0 bridgehead atoms. The van der Waals surface area contributed by atoms with E-state index in [0.717, 1.165) is 0 Å². The minimum Gasteiger partial charge on any atom is -0.504 e. The van der Waals surface area contributed by atoms with E-state index >= 15 is 0 Å². The van der Waals surface area contributed by atoms with E-state index in [4.69, 9.17) is 0 Å². The summed E-state index contributed by atoms with van der Waals surface area (Å²) in [5, 5.41) is 26.8. The molecule has 0 aromatic heterocycles. The molecule has 0 spiro atoms. The third-order valence-electron chi connectivity index (χ3n) is 5.22. The molecule has 0 aliphatic heterocycles. The molecular weight excluding hydrogens is 412 g/mol. The maximum atomic E-state index is 14.7. The molecule has 0 unspecified atom stereocenters. The molecule has 0 aliphatic carbocycles. The molecule has 5 nitrogen and oxygen atoms in total. The summed E-state index contributed by atoms with van der Waals surface area (Å²) >= 11 is 0. The molecule has 2 rings (SSSR count). The van der Waals surface area contributed by atoms with Crippen LogP contribution in [0.1, 0.15) is 31.1 Å². The van der Waals surface area contributed by atoms with Crippen LogP contribution in [0.3, 0.4) is 0 Å². The summed E-state index contributed by atoms with van der Waals surface area (Å²) in [5.74, 6) is -12.9. The van der Waals surface area contributed by atoms with Crippen molar-refractivity contribution in [1.29, 1.82) is 0 Å². The standard InChI is InChI=1S/C19H20F4O5Si/c1-19(2,3)29(4,5)17-13(22)11(20)16(12(21)14(17)23)28-18(27)8-6-9(24)15(26)10(25)7-8/h6-7,24-26H,1-5H3. The lowest BCUT2D eigenvalue weighted by Crippen LogP contribution is -2.53. The zero-order chi connectivity index (χ0) is 22.5. The number of hydrogen-bond acceptors (Lipinski definition) is 5. The van der Waals surface area contributed by atoms with Crippen LogP contribution in [0.25, 0.3) is 0 Å². The van der Waals surface area contributed by atoms with Crippen LogP contribution in [-0.2, 0) is 0 Å². The van der Waals surface area contributed by atoms with Crippen LogP contribution in [0.2, 0.25) is 18.1 Å². The van der Waals surface area contributed by atoms with Crippen LogP contribution in [0.4, 0.5) is 17.6 Å². The van der Waals surface area contributed by atoms with Crippen LogP contribution in [-0.4, -0.2) is 29.4 Å². The van der Waals surface area contributed by atoms with Gasteiger partial charge in [-0.05, 0) is 17.2 Å². The first kappa shape index (κ1) is 22.5. The third kappa shape index (κ3) is 3.76. The highest BCUT2D eigenvalue weighted by Crippen LogP contribution is 2.39. The van der Waals surface area contributed by atoms with Gasteiger partial charge in [-0.15, -0.1) is 0 Å². The molecule has 158 valence electrons. The molecule has 3 N–H and O–H groups in total. The van der Waals surface area contributed by atoms with E-state index in [1.807, 2.05) is 0 Å². The summed E-state index contributed by atoms with van der Waals surface area (Å²) in [6.45, 7) is 8.21. The van der Waals surface area contributed by atoms with Gasteiger partial charge in [0.15, 0.2) is 28.9 Å². The molecule has 0 fully saturated rings. The van der Waals surface area contributed by atoms with Crippen molar-refractivity contribution in [2.45, 2.75) is 38.9 Å². The summed E-state index contributed by atoms with van der Waals surface area (Å²) < 4.78 is 63.0. The third-order valence-corrected chi connectivity index (χ3v) is 10.7. The molecule has 0 aliphatic rings. The topological polar surface area (TPSA) is 87.0 Å². The van der Waals surface area contributed by atoms with Gasteiger partial charge in [-0.2, -0.15) is 8.78 Å². The Kier molecular flexibility index (Phi) is 5.63. The molecule has 0 saturated carbocycles. The Morgan fingerprint density at radius 1 is 0.897 bits per heavy atom. The first-order chi connectivity index (χ1) is 13.1. The van der Waals surface area contributed by atoms with E-state index in [-0.39, 0.29) is 0 Å². The summed E-state index contributed by atoms with van der Waals surface area (Å²) in [7, 11) is -3.05. The summed E-state index contributed by atoms with van der Waals surface area (Å²) in [4.78, 5) is 12.1. The lowest BCUT2D eigenvalue weighted by atomic mass is 10.2. The van der Waals surface area contributed by atoms with E-state index in [1.165, 1.54) is 0 Å². The number of phenols is 3. The fourth-order valence-electron chi connectivity index (χ4n) is 2.50. The molecule has 0 radical (unpaired) electrons. The first-order valence-corrected chi connectivity index (χ1v) is 11.4. The van der Waals surface area contributed by atoms with Crippen molar-refractivity contribution in [3.63, 3.8) is 0 Å². The number of esters is 1. The van der Waals surface area contributed by atoms with Crippen LogP contribution < -0.4 is 9.92 Å². The fourth-order valence-corrected chi connectivity index (χ4v) is 4.57. The number of carbonyl (C=O) groups is 1. The quantitative estimate of drug-likeness (QED) is 0.168. The normalized spacial score (nSPS) is 12.2. The van der Waals surface area contributed by atoms with Crippen molar-refractivity contribution < 1.29 is 42.4 Å². The predicted octanol–water partition coefficient (Wildman–Crippen LogP) is 4.29. The number of rotatable bonds is 3. The molecule has 0 heterocycles. The second-order valence-electron chi connectivity index (χ2n) is 8.09. The Morgan fingerprint density at radius 2 is 1.31 bits per heavy atom. The number of aromatic hydroxyl groups is 3. The van der Waals surface area contributed by atoms with E-state index in [2.05, 4.69) is 4.74 Å². The van der Waals surface area contributed by atoms with E-state index in [1.54, 1.807) is 33.9 Å². The van der Waals surface area contributed by atoms with Crippen LogP contribution in [0.15, 0.2) is 12.1 Å². The van der Waals surface area contributed by atoms with Gasteiger partial charge < -0.3 is 20.1 Å². The molecule has 10 heteroatoms. The minimum absolute atomic E-state index is 0.620. The van der Waals surface area contributed by atoms with Crippen molar-refractivity contribution in [2.24, 2.45) is 0 Å². The Labute approximate surface area is 165 Å². The molecule has 29 heavy (non-hydrogen) atoms. The molecule has 2 aromatic rings. The maximum Gasteiger partial charge on any atom is 0.344 e. The monoisotopic (exact) mass is 432 g/mol. The predicted molar refractivity (Wildman–Crippen MR) is 99.5 cm³/mol. The smallest absolute Gasteiger partial charge is 0.344 e. The van der Waals surface area contributed by atoms with Crippen molar-refractivity contribution in [1.82, 2.24) is 0 Å². The van der Waals surface area contributed by atoms with Gasteiger partial charge in [0.2, 0.25) is 17.4 Å². The zero-order valence-corrected chi connectivity index (χ0v) is 17.3. The highest BCUT2D eigenvalue weighted by Gasteiger charge is 2.44. The van der Waals surface area contributed by atoms with Crippen LogP contribution in [0, 0.1) is 23.3 Å². The van der Waals surface area contributed by atoms with E-state index in [9.17, 15) is 37.7 Å². The number of benzene rings is 2. The number of hydrogen-bond donors (Lipinski definition) is 3. The summed E-state index contributed by atoms with van der Waals surface area (Å²) in [5.41, 5.74) is -0.620. The molecule has 0 atom stereocenters. The highest BCUT2D eigenvalue weighted by atomic mass is 28.3. The fraction of sp³-hybridized carbons (Fsp3) is 0.316. The SMILES string of the molecule is CC(C)(C)[Si](C)(C)c1c(F)c(F)c(OC(=O)c2cc(O)c(O)c(O)c2)c(F)c1F. The van der Waals surface area contributed by atoms with Gasteiger partial charge in [0.05, 0.1) is 13.6 Å². The second kappa shape index (κ2) is 7.25. The van der Waals surface area contributed by atoms with Gasteiger partial charge in [0.25, 0.3) is 0 Å². The van der Waals surface area contributed by atoms with Crippen molar-refractivity contribution in [3.05, 3.63) is 41.0 Å². The van der Waals surface area contributed by atoms with Gasteiger partial charge in [0, 0.05) is 5.19 Å². The average Bonchev–Trinajstić information content (AvgIpc) is 2.60. The molecular formula is C19H20F4O5Si. The van der Waals surface area contributed by atoms with E-state index in [0.29, 0.717) is 12.1 Å². The molecule has 2 aromatic carbocycles. The Morgan fingerprint density at radius 3 is 1.69 bits per heavy atom. The number of carbonyl (C=O) groups excluding carboxylic acids is 1. The average molecular weight is 432 g/mol. The second-order valence-corrected chi connectivity index (χ2v) is 13.3. The number of halogens is 4. The zero-order valence-electron chi connectivity index (χ0n) is 16.3. The largest absolute Gasteiger partial charge is 0.504 e. The van der Waals surface area contributed by atoms with Gasteiger partial charge in [-0.1, -0.05) is 33.9 Å². The van der Waals surface area contributed by atoms with Gasteiger partial charge in [-0.25, -0.2) is 13.6 Å². The van der Waals surface area contributed by atoms with Crippen LogP contribution >= 0.6 is 0 Å². The van der Waals surface area contributed by atoms with E-state index < -0.39 is 76.1 Å². The lowest BCUT2D eigenvalue weighted by molar-refractivity contribution is 0.0716. The number of ether oxygens (including phenoxy) is 1. The minimum atomic E-state index is -3.05. The molecule has 0 saturated heterocycles. The Bertz CT molecular complexity index is 947. The Balaban J connectivity index is 2.58. The lowest BCUT2D eigenvalue weighted by Gasteiger charge is -2.37. The molecule has 0 amide bonds. The first-order valence-electron chi connectivity index (χ1n) is 8.44. The highest BCUT2D eigenvalue weighted by molar-refractivity contribution is 6.92. The van der Waals surface area contributed by atoms with Crippen molar-refractivity contribution in [2.75, 3.05) is 0 Å².